The normalized spacial score (nSPS) is 22.0. The number of phenols is 1. The van der Waals surface area contributed by atoms with Gasteiger partial charge in [-0.05, 0) is 55.8 Å². The summed E-state index contributed by atoms with van der Waals surface area (Å²) in [4.78, 5) is 10.9. The van der Waals surface area contributed by atoms with E-state index in [2.05, 4.69) is 5.32 Å². The highest BCUT2D eigenvalue weighted by Gasteiger charge is 2.25. The lowest BCUT2D eigenvalue weighted by Gasteiger charge is -2.26. The van der Waals surface area contributed by atoms with E-state index in [1.165, 1.54) is 7.11 Å². The Morgan fingerprint density at radius 1 is 1.33 bits per heavy atom. The molecule has 0 amide bonds. The molecule has 0 atom stereocenters. The van der Waals surface area contributed by atoms with Crippen molar-refractivity contribution in [3.8, 4) is 11.5 Å². The molecular formula is C16H23NO4. The van der Waals surface area contributed by atoms with Gasteiger partial charge in [0.1, 0.15) is 0 Å². The lowest BCUT2D eigenvalue weighted by molar-refractivity contribution is -0.143. The molecule has 0 saturated heterocycles. The number of nitrogens with one attached hydrogen (secondary N) is 1. The van der Waals surface area contributed by atoms with Gasteiger partial charge in [0.05, 0.1) is 13.0 Å². The van der Waals surface area contributed by atoms with E-state index in [4.69, 9.17) is 9.84 Å². The second-order valence-corrected chi connectivity index (χ2v) is 5.69. The van der Waals surface area contributed by atoms with Crippen molar-refractivity contribution in [2.45, 2.75) is 32.2 Å². The third-order valence-corrected chi connectivity index (χ3v) is 4.20. The van der Waals surface area contributed by atoms with E-state index in [0.717, 1.165) is 44.3 Å². The minimum Gasteiger partial charge on any atom is -0.504 e. The Kier molecular flexibility index (Phi) is 5.44. The number of ether oxygens (including phenoxy) is 1. The van der Waals surface area contributed by atoms with Crippen LogP contribution in [0.5, 0.6) is 11.5 Å². The first-order valence-electron chi connectivity index (χ1n) is 7.39. The second-order valence-electron chi connectivity index (χ2n) is 5.69. The molecule has 0 unspecified atom stereocenters. The Balaban J connectivity index is 1.74. The molecular weight excluding hydrogens is 270 g/mol. The quantitative estimate of drug-likeness (QED) is 0.750. The van der Waals surface area contributed by atoms with Crippen molar-refractivity contribution < 1.29 is 19.7 Å². The largest absolute Gasteiger partial charge is 0.504 e. The van der Waals surface area contributed by atoms with Crippen molar-refractivity contribution in [2.24, 2.45) is 11.8 Å². The summed E-state index contributed by atoms with van der Waals surface area (Å²) in [6, 6.07) is 5.32. The lowest BCUT2D eigenvalue weighted by atomic mass is 9.82. The number of hydrogen-bond acceptors (Lipinski definition) is 4. The molecule has 0 spiro atoms. The summed E-state index contributed by atoms with van der Waals surface area (Å²) in [6.07, 6.45) is 3.52. The van der Waals surface area contributed by atoms with Crippen molar-refractivity contribution in [3.63, 3.8) is 0 Å². The predicted molar refractivity (Wildman–Crippen MR) is 79.4 cm³/mol. The van der Waals surface area contributed by atoms with E-state index in [0.29, 0.717) is 11.7 Å². The van der Waals surface area contributed by atoms with Gasteiger partial charge in [-0.25, -0.2) is 0 Å². The number of carbonyl (C=O) groups is 1. The first-order valence-corrected chi connectivity index (χ1v) is 7.39. The molecule has 1 saturated carbocycles. The van der Waals surface area contributed by atoms with Gasteiger partial charge in [-0.15, -0.1) is 0 Å². The van der Waals surface area contributed by atoms with Gasteiger partial charge in [0.25, 0.3) is 0 Å². The monoisotopic (exact) mass is 293 g/mol. The molecule has 0 bridgehead atoms. The van der Waals surface area contributed by atoms with Gasteiger partial charge in [-0.2, -0.15) is 0 Å². The van der Waals surface area contributed by atoms with Gasteiger partial charge in [0.2, 0.25) is 0 Å². The number of methoxy groups -OCH3 is 1. The average Bonchev–Trinajstić information content (AvgIpc) is 2.49. The SMILES string of the molecule is COc1cc(CNCC2CCC(C(=O)O)CC2)ccc1O. The van der Waals surface area contributed by atoms with Crippen molar-refractivity contribution in [3.05, 3.63) is 23.8 Å². The van der Waals surface area contributed by atoms with E-state index < -0.39 is 5.97 Å². The standard InChI is InChI=1S/C16H23NO4/c1-21-15-8-12(4-7-14(15)18)10-17-9-11-2-5-13(6-3-11)16(19)20/h4,7-8,11,13,17-18H,2-3,5-6,9-10H2,1H3,(H,19,20). The molecule has 3 N–H and O–H groups in total. The molecule has 2 rings (SSSR count). The number of carboxylic acids is 1. The highest BCUT2D eigenvalue weighted by molar-refractivity contribution is 5.69. The summed E-state index contributed by atoms with van der Waals surface area (Å²) in [5.74, 6) is 0.379. The average molecular weight is 293 g/mol. The summed E-state index contributed by atoms with van der Waals surface area (Å²) in [6.45, 7) is 1.62. The van der Waals surface area contributed by atoms with Gasteiger partial charge >= 0.3 is 5.97 Å². The zero-order valence-electron chi connectivity index (χ0n) is 12.3. The zero-order valence-corrected chi connectivity index (χ0v) is 12.3. The lowest BCUT2D eigenvalue weighted by Crippen LogP contribution is -2.28. The molecule has 0 radical (unpaired) electrons. The van der Waals surface area contributed by atoms with Crippen LogP contribution in [0.4, 0.5) is 0 Å². The summed E-state index contributed by atoms with van der Waals surface area (Å²) in [7, 11) is 1.53. The predicted octanol–water partition coefficient (Wildman–Crippen LogP) is 2.38. The van der Waals surface area contributed by atoms with Gasteiger partial charge < -0.3 is 20.3 Å². The van der Waals surface area contributed by atoms with Crippen LogP contribution >= 0.6 is 0 Å². The molecule has 1 aromatic carbocycles. The molecule has 1 aliphatic rings. The number of rotatable bonds is 6. The van der Waals surface area contributed by atoms with Crippen LogP contribution < -0.4 is 10.1 Å². The van der Waals surface area contributed by atoms with E-state index in [1.54, 1.807) is 6.07 Å². The first kappa shape index (κ1) is 15.6. The number of hydrogen-bond donors (Lipinski definition) is 3. The van der Waals surface area contributed by atoms with Crippen LogP contribution in [0.3, 0.4) is 0 Å². The molecule has 116 valence electrons. The highest BCUT2D eigenvalue weighted by Crippen LogP contribution is 2.29. The Morgan fingerprint density at radius 2 is 2.05 bits per heavy atom. The molecule has 0 aromatic heterocycles. The Bertz CT molecular complexity index is 481. The topological polar surface area (TPSA) is 78.8 Å². The summed E-state index contributed by atoms with van der Waals surface area (Å²) in [5, 5.41) is 21.9. The van der Waals surface area contributed by atoms with Gasteiger partial charge in [-0.3, -0.25) is 4.79 Å². The molecule has 1 aromatic rings. The number of carboxylic acid groups (broad SMARTS) is 1. The highest BCUT2D eigenvalue weighted by atomic mass is 16.5. The Hall–Kier alpha value is -1.75. The Morgan fingerprint density at radius 3 is 2.67 bits per heavy atom. The smallest absolute Gasteiger partial charge is 0.306 e. The van der Waals surface area contributed by atoms with Crippen LogP contribution in [0.2, 0.25) is 0 Å². The van der Waals surface area contributed by atoms with E-state index >= 15 is 0 Å². The zero-order chi connectivity index (χ0) is 15.2. The number of benzene rings is 1. The van der Waals surface area contributed by atoms with Crippen LogP contribution in [0.15, 0.2) is 18.2 Å². The maximum absolute atomic E-state index is 10.9. The Labute approximate surface area is 124 Å². The van der Waals surface area contributed by atoms with E-state index in [9.17, 15) is 9.90 Å². The first-order chi connectivity index (χ1) is 10.1. The molecule has 0 aliphatic heterocycles. The van der Waals surface area contributed by atoms with Crippen molar-refractivity contribution in [1.29, 1.82) is 0 Å². The second kappa shape index (κ2) is 7.31. The summed E-state index contributed by atoms with van der Waals surface area (Å²) in [5.41, 5.74) is 1.06. The molecule has 1 fully saturated rings. The summed E-state index contributed by atoms with van der Waals surface area (Å²) < 4.78 is 5.08. The minimum atomic E-state index is -0.655. The maximum Gasteiger partial charge on any atom is 0.306 e. The number of phenolic OH excluding ortho intramolecular Hbond substituents is 1. The third-order valence-electron chi connectivity index (χ3n) is 4.20. The van der Waals surface area contributed by atoms with Crippen molar-refractivity contribution >= 4 is 5.97 Å². The fourth-order valence-electron chi connectivity index (χ4n) is 2.87. The fraction of sp³-hybridized carbons (Fsp3) is 0.562. The summed E-state index contributed by atoms with van der Waals surface area (Å²) >= 11 is 0. The van der Waals surface area contributed by atoms with Crippen molar-refractivity contribution in [1.82, 2.24) is 5.32 Å². The maximum atomic E-state index is 10.9. The molecule has 5 heteroatoms. The van der Waals surface area contributed by atoms with Crippen LogP contribution in [-0.4, -0.2) is 29.8 Å². The van der Waals surface area contributed by atoms with Gasteiger partial charge in [0.15, 0.2) is 11.5 Å². The third kappa shape index (κ3) is 4.36. The van der Waals surface area contributed by atoms with Crippen LogP contribution in [0, 0.1) is 11.8 Å². The van der Waals surface area contributed by atoms with Gasteiger partial charge in [0, 0.05) is 6.54 Å². The minimum absolute atomic E-state index is 0.147. The molecule has 1 aliphatic carbocycles. The molecule has 21 heavy (non-hydrogen) atoms. The van der Waals surface area contributed by atoms with E-state index in [-0.39, 0.29) is 11.7 Å². The molecule has 0 heterocycles. The van der Waals surface area contributed by atoms with Crippen LogP contribution in [0.25, 0.3) is 0 Å². The van der Waals surface area contributed by atoms with Crippen LogP contribution in [0.1, 0.15) is 31.2 Å². The number of aromatic hydroxyl groups is 1. The molecule has 5 nitrogen and oxygen atoms in total. The van der Waals surface area contributed by atoms with E-state index in [1.807, 2.05) is 12.1 Å². The number of aliphatic carboxylic acids is 1. The van der Waals surface area contributed by atoms with Crippen molar-refractivity contribution in [2.75, 3.05) is 13.7 Å². The van der Waals surface area contributed by atoms with Crippen LogP contribution in [-0.2, 0) is 11.3 Å². The van der Waals surface area contributed by atoms with Gasteiger partial charge in [-0.1, -0.05) is 6.07 Å². The fourth-order valence-corrected chi connectivity index (χ4v) is 2.87.